The molecule has 2 aromatic heterocycles. The summed E-state index contributed by atoms with van der Waals surface area (Å²) in [6, 6.07) is 0. The van der Waals surface area contributed by atoms with E-state index in [1.165, 1.54) is 0 Å². The Kier molecular flexibility index (Phi) is 1.48. The maximum Gasteiger partial charge on any atom is 0.319 e. The molecule has 0 saturated heterocycles. The van der Waals surface area contributed by atoms with E-state index in [1.807, 2.05) is 0 Å². The number of hydrogen-bond acceptors (Lipinski definition) is 6. The molecule has 0 spiro atoms. The molecule has 0 saturated carbocycles. The smallest absolute Gasteiger partial charge is 0.319 e. The molecule has 0 aromatic carbocycles. The zero-order valence-electron chi connectivity index (χ0n) is 7.00. The molecule has 0 aliphatic heterocycles. The van der Waals surface area contributed by atoms with E-state index in [0.29, 0.717) is 0 Å². The minimum atomic E-state index is -1.18. The Labute approximate surface area is 79.6 Å². The second-order valence-electron chi connectivity index (χ2n) is 2.76. The molecule has 9 heteroatoms. The highest BCUT2D eigenvalue weighted by molar-refractivity contribution is 5.87. The summed E-state index contributed by atoms with van der Waals surface area (Å²) in [7, 11) is 0. The molecule has 0 aliphatic rings. The van der Waals surface area contributed by atoms with Crippen LogP contribution in [0.3, 0.4) is 0 Å². The van der Waals surface area contributed by atoms with E-state index in [0.717, 1.165) is 0 Å². The molecule has 0 fully saturated rings. The van der Waals surface area contributed by atoms with Crippen molar-refractivity contribution in [2.45, 2.75) is 0 Å². The zero-order chi connectivity index (χ0) is 11.3. The number of hydrogen-bond donors (Lipinski definition) is 5. The molecule has 0 aliphatic carbocycles. The van der Waals surface area contributed by atoms with E-state index in [2.05, 4.69) is 0 Å². The predicted molar refractivity (Wildman–Crippen MR) is 44.5 cm³/mol. The second-order valence-corrected chi connectivity index (χ2v) is 2.76. The monoisotopic (exact) mass is 215 g/mol. The van der Waals surface area contributed by atoms with Gasteiger partial charge >= 0.3 is 5.56 Å². The van der Waals surface area contributed by atoms with Crippen molar-refractivity contribution < 1.29 is 20.6 Å². The molecule has 2 aromatic rings. The van der Waals surface area contributed by atoms with Gasteiger partial charge in [0, 0.05) is 0 Å². The lowest BCUT2D eigenvalue weighted by Gasteiger charge is -1.98. The second kappa shape index (κ2) is 2.47. The first-order valence-electron chi connectivity index (χ1n) is 3.65. The summed E-state index contributed by atoms with van der Waals surface area (Å²) >= 11 is 0. The molecule has 0 radical (unpaired) electrons. The van der Waals surface area contributed by atoms with Crippen LogP contribution in [0.1, 0.15) is 0 Å². The maximum atomic E-state index is 11.2. The van der Waals surface area contributed by atoms with Gasteiger partial charge in [0.1, 0.15) is 5.39 Å². The summed E-state index contributed by atoms with van der Waals surface area (Å²) in [5, 5.41) is 35.8. The van der Waals surface area contributed by atoms with Crippen molar-refractivity contribution in [3.8, 4) is 11.6 Å². The van der Waals surface area contributed by atoms with E-state index < -0.39 is 33.7 Å². The first-order valence-corrected chi connectivity index (χ1v) is 3.65. The lowest BCUT2D eigenvalue weighted by molar-refractivity contribution is -0.00876. The average molecular weight is 215 g/mol. The van der Waals surface area contributed by atoms with Crippen molar-refractivity contribution >= 4 is 10.9 Å². The number of nitrogens with one attached hydrogen (secondary N) is 1. The van der Waals surface area contributed by atoms with E-state index in [1.54, 1.807) is 4.98 Å². The first kappa shape index (κ1) is 8.99. The maximum absolute atomic E-state index is 11.2. The number of rotatable bonds is 0. The number of aromatic amines is 1. The minimum absolute atomic E-state index is 0.151. The van der Waals surface area contributed by atoms with Crippen LogP contribution >= 0.6 is 0 Å². The zero-order valence-corrected chi connectivity index (χ0v) is 7.00. The van der Waals surface area contributed by atoms with E-state index in [-0.39, 0.29) is 9.69 Å². The van der Waals surface area contributed by atoms with Gasteiger partial charge in [-0.05, 0) is 4.85 Å². The lowest BCUT2D eigenvalue weighted by atomic mass is 10.3. The molecule has 0 unspecified atom stereocenters. The van der Waals surface area contributed by atoms with Crippen LogP contribution in [0.4, 0.5) is 0 Å². The summed E-state index contributed by atoms with van der Waals surface area (Å²) < 4.78 is 0. The SMILES string of the molecule is O=c1[nH]c(O)c2c(=O)n(O)n(O)c2c1O. The van der Waals surface area contributed by atoms with Gasteiger partial charge in [0.05, 0.1) is 0 Å². The van der Waals surface area contributed by atoms with E-state index in [4.69, 9.17) is 10.4 Å². The number of nitrogens with zero attached hydrogens (tertiary/aromatic N) is 2. The van der Waals surface area contributed by atoms with Crippen LogP contribution < -0.4 is 11.1 Å². The van der Waals surface area contributed by atoms with Gasteiger partial charge in [-0.15, -0.1) is 0 Å². The van der Waals surface area contributed by atoms with Crippen LogP contribution in [-0.2, 0) is 0 Å². The van der Waals surface area contributed by atoms with Crippen molar-refractivity contribution in [3.63, 3.8) is 0 Å². The largest absolute Gasteiger partial charge is 0.501 e. The van der Waals surface area contributed by atoms with E-state index >= 15 is 0 Å². The fourth-order valence-corrected chi connectivity index (χ4v) is 1.25. The van der Waals surface area contributed by atoms with Gasteiger partial charge < -0.3 is 20.6 Å². The number of aromatic hydroxyl groups is 2. The Morgan fingerprint density at radius 1 is 1.07 bits per heavy atom. The summed E-state index contributed by atoms with van der Waals surface area (Å²) in [5.74, 6) is -1.84. The third-order valence-electron chi connectivity index (χ3n) is 1.92. The highest BCUT2D eigenvalue weighted by atomic mass is 16.6. The van der Waals surface area contributed by atoms with Crippen molar-refractivity contribution in [2.24, 2.45) is 0 Å². The Morgan fingerprint density at radius 3 is 2.27 bits per heavy atom. The van der Waals surface area contributed by atoms with Crippen molar-refractivity contribution in [3.05, 3.63) is 20.7 Å². The number of fused-ring (bicyclic) bond motifs is 1. The van der Waals surface area contributed by atoms with Gasteiger partial charge in [-0.1, -0.05) is 4.85 Å². The molecule has 2 rings (SSSR count). The van der Waals surface area contributed by atoms with E-state index in [9.17, 15) is 19.8 Å². The molecular weight excluding hydrogens is 210 g/mol. The van der Waals surface area contributed by atoms with Crippen LogP contribution in [0.5, 0.6) is 11.6 Å². The molecule has 15 heavy (non-hydrogen) atoms. The minimum Gasteiger partial charge on any atom is -0.501 e. The molecule has 5 N–H and O–H groups in total. The summed E-state index contributed by atoms with van der Waals surface area (Å²) in [5.41, 5.74) is -2.96. The Hall–Kier alpha value is -2.58. The number of pyridine rings is 1. The van der Waals surface area contributed by atoms with Gasteiger partial charge in [-0.25, -0.2) is 0 Å². The summed E-state index contributed by atoms with van der Waals surface area (Å²) in [6.07, 6.45) is 0. The van der Waals surface area contributed by atoms with Crippen LogP contribution in [0.15, 0.2) is 9.59 Å². The first-order chi connectivity index (χ1) is 6.95. The Morgan fingerprint density at radius 2 is 1.67 bits per heavy atom. The fourth-order valence-electron chi connectivity index (χ4n) is 1.25. The Balaban J connectivity index is 3.25. The third-order valence-corrected chi connectivity index (χ3v) is 1.92. The lowest BCUT2D eigenvalue weighted by Crippen LogP contribution is -2.18. The molecule has 2 heterocycles. The van der Waals surface area contributed by atoms with Gasteiger partial charge in [-0.2, -0.15) is 0 Å². The van der Waals surface area contributed by atoms with Crippen molar-refractivity contribution in [1.82, 2.24) is 14.7 Å². The van der Waals surface area contributed by atoms with Crippen LogP contribution in [0.2, 0.25) is 0 Å². The molecule has 0 atom stereocenters. The quantitative estimate of drug-likeness (QED) is 0.334. The van der Waals surface area contributed by atoms with Gasteiger partial charge in [0.15, 0.2) is 5.52 Å². The molecular formula is C6H5N3O6. The van der Waals surface area contributed by atoms with Crippen molar-refractivity contribution in [2.75, 3.05) is 0 Å². The summed E-state index contributed by atoms with van der Waals surface area (Å²) in [6.45, 7) is 0. The number of aromatic nitrogens is 3. The molecule has 80 valence electrons. The molecule has 0 bridgehead atoms. The standard InChI is InChI=1S/C6H5N3O6/c10-3-2-1(4(11)7-5(3)12)6(13)9(15)8(2)14/h10,14-15H,(H2,7,11,12). The Bertz CT molecular complexity index is 662. The number of H-pyrrole nitrogens is 1. The normalized spacial score (nSPS) is 10.9. The van der Waals surface area contributed by atoms with Crippen LogP contribution in [-0.4, -0.2) is 35.3 Å². The van der Waals surface area contributed by atoms with Crippen LogP contribution in [0, 0.1) is 0 Å². The molecule has 9 nitrogen and oxygen atoms in total. The van der Waals surface area contributed by atoms with Gasteiger partial charge in [-0.3, -0.25) is 14.6 Å². The van der Waals surface area contributed by atoms with Crippen LogP contribution in [0.25, 0.3) is 10.9 Å². The van der Waals surface area contributed by atoms with Gasteiger partial charge in [0.2, 0.25) is 11.6 Å². The fraction of sp³-hybridized carbons (Fsp3) is 0. The van der Waals surface area contributed by atoms with Crippen molar-refractivity contribution in [1.29, 1.82) is 0 Å². The third kappa shape index (κ3) is 0.907. The highest BCUT2D eigenvalue weighted by Crippen LogP contribution is 2.22. The predicted octanol–water partition coefficient (Wildman–Crippen LogP) is -1.62. The highest BCUT2D eigenvalue weighted by Gasteiger charge is 2.21. The van der Waals surface area contributed by atoms with Gasteiger partial charge in [0.25, 0.3) is 5.56 Å². The summed E-state index contributed by atoms with van der Waals surface area (Å²) in [4.78, 5) is 23.5. The molecule has 0 amide bonds. The average Bonchev–Trinajstić information content (AvgIpc) is 2.40. The topological polar surface area (TPSA) is 141 Å².